The lowest BCUT2D eigenvalue weighted by molar-refractivity contribution is -0.181. The van der Waals surface area contributed by atoms with E-state index >= 15 is 0 Å². The number of para-hydroxylation sites is 1. The maximum atomic E-state index is 11.8. The Morgan fingerprint density at radius 2 is 2.00 bits per heavy atom. The van der Waals surface area contributed by atoms with Crippen molar-refractivity contribution in [3.8, 4) is 0 Å². The summed E-state index contributed by atoms with van der Waals surface area (Å²) in [5.74, 6) is 0.0256. The van der Waals surface area contributed by atoms with E-state index in [1.165, 1.54) is 5.17 Å². The van der Waals surface area contributed by atoms with Gasteiger partial charge >= 0.3 is 0 Å². The van der Waals surface area contributed by atoms with Gasteiger partial charge in [0.25, 0.3) is 5.91 Å². The monoisotopic (exact) mass is 312 g/mol. The fourth-order valence-electron chi connectivity index (χ4n) is 1.85. The summed E-state index contributed by atoms with van der Waals surface area (Å²) in [6.07, 6.45) is 2.50. The third-order valence-electron chi connectivity index (χ3n) is 2.77. The Morgan fingerprint density at radius 3 is 2.72 bits per heavy atom. The van der Waals surface area contributed by atoms with Gasteiger partial charge in [-0.3, -0.25) is 14.6 Å². The normalized spacial score (nSPS) is 15.5. The molecule has 0 saturated carbocycles. The van der Waals surface area contributed by atoms with E-state index in [1.54, 1.807) is 0 Å². The summed E-state index contributed by atoms with van der Waals surface area (Å²) in [7, 11) is 0. The zero-order valence-electron chi connectivity index (χ0n) is 10.2. The molecule has 1 aliphatic rings. The molecule has 5 heteroatoms. The molecule has 1 heterocycles. The summed E-state index contributed by atoms with van der Waals surface area (Å²) in [5.41, 5.74) is 0.990. The topological polar surface area (TPSA) is 32.8 Å². The van der Waals surface area contributed by atoms with Crippen molar-refractivity contribution in [3.05, 3.63) is 30.3 Å². The predicted octanol–water partition coefficient (Wildman–Crippen LogP) is 2.75. The molecule has 1 aliphatic heterocycles. The summed E-state index contributed by atoms with van der Waals surface area (Å²) in [6, 6.07) is 9.84. The number of hydrazine groups is 1. The number of nitrogens with zero attached hydrogens (tertiary/aromatic N) is 2. The molecule has 1 aromatic rings. The maximum Gasteiger partial charge on any atom is 0.268 e. The summed E-state index contributed by atoms with van der Waals surface area (Å²) in [6.45, 7) is 1.25. The van der Waals surface area contributed by atoms with Crippen molar-refractivity contribution in [2.24, 2.45) is 0 Å². The van der Waals surface area contributed by atoms with Crippen LogP contribution >= 0.6 is 15.9 Å². The molecule has 0 N–H and O–H groups in total. The van der Waals surface area contributed by atoms with E-state index in [0.29, 0.717) is 19.6 Å². The number of alkyl halides is 1. The quantitative estimate of drug-likeness (QED) is 0.598. The Bertz CT molecular complexity index is 386. The molecule has 1 amide bonds. The lowest BCUT2D eigenvalue weighted by atomic mass is 10.3. The van der Waals surface area contributed by atoms with Crippen molar-refractivity contribution in [1.82, 2.24) is 5.17 Å². The van der Waals surface area contributed by atoms with Crippen LogP contribution < -0.4 is 5.01 Å². The average Bonchev–Trinajstić information content (AvgIpc) is 2.77. The number of halogens is 1. The zero-order valence-corrected chi connectivity index (χ0v) is 11.8. The molecule has 0 aliphatic carbocycles. The van der Waals surface area contributed by atoms with Gasteiger partial charge in [0.05, 0.1) is 25.3 Å². The minimum absolute atomic E-state index is 0.0256. The maximum absolute atomic E-state index is 11.8. The second kappa shape index (κ2) is 6.75. The van der Waals surface area contributed by atoms with Gasteiger partial charge in [0, 0.05) is 5.33 Å². The van der Waals surface area contributed by atoms with Gasteiger partial charge in [-0.1, -0.05) is 34.1 Å². The number of hydrogen-bond acceptors (Lipinski definition) is 3. The molecule has 1 aromatic carbocycles. The summed E-state index contributed by atoms with van der Waals surface area (Å²) in [4.78, 5) is 17.3. The largest absolute Gasteiger partial charge is 0.270 e. The van der Waals surface area contributed by atoms with Crippen LogP contribution in [0.25, 0.3) is 0 Å². The minimum Gasteiger partial charge on any atom is -0.270 e. The summed E-state index contributed by atoms with van der Waals surface area (Å²) >= 11 is 3.38. The highest BCUT2D eigenvalue weighted by molar-refractivity contribution is 9.09. The highest BCUT2D eigenvalue weighted by Gasteiger charge is 2.30. The van der Waals surface area contributed by atoms with Crippen LogP contribution in [-0.4, -0.2) is 29.6 Å². The third-order valence-corrected chi connectivity index (χ3v) is 3.33. The Morgan fingerprint density at radius 1 is 1.22 bits per heavy atom. The van der Waals surface area contributed by atoms with E-state index in [1.807, 2.05) is 35.3 Å². The standard InChI is InChI=1S/C13H17BrN2O2/c14-9-4-5-11-18-16-13(17)8-10-15(16)12-6-2-1-3-7-12/h1-3,6-7H,4-5,8-11H2. The van der Waals surface area contributed by atoms with Crippen molar-refractivity contribution < 1.29 is 9.63 Å². The highest BCUT2D eigenvalue weighted by Crippen LogP contribution is 2.22. The van der Waals surface area contributed by atoms with Crippen LogP contribution in [0.1, 0.15) is 19.3 Å². The van der Waals surface area contributed by atoms with Crippen molar-refractivity contribution in [2.75, 3.05) is 23.5 Å². The second-order valence-electron chi connectivity index (χ2n) is 4.10. The number of anilines is 1. The first-order valence-electron chi connectivity index (χ1n) is 6.17. The van der Waals surface area contributed by atoms with Crippen molar-refractivity contribution in [1.29, 1.82) is 0 Å². The van der Waals surface area contributed by atoms with E-state index < -0.39 is 0 Å². The first-order valence-corrected chi connectivity index (χ1v) is 7.29. The van der Waals surface area contributed by atoms with Crippen molar-refractivity contribution >= 4 is 27.5 Å². The predicted molar refractivity (Wildman–Crippen MR) is 74.2 cm³/mol. The number of carbonyl (C=O) groups excluding carboxylic acids is 1. The first kappa shape index (κ1) is 13.4. The number of rotatable bonds is 6. The number of hydrogen-bond donors (Lipinski definition) is 0. The van der Waals surface area contributed by atoms with Crippen LogP contribution in [0.2, 0.25) is 0 Å². The molecule has 2 rings (SSSR count). The van der Waals surface area contributed by atoms with E-state index in [-0.39, 0.29) is 5.91 Å². The lowest BCUT2D eigenvalue weighted by Gasteiger charge is -2.28. The number of carbonyl (C=O) groups is 1. The number of hydroxylamine groups is 1. The van der Waals surface area contributed by atoms with Gasteiger partial charge < -0.3 is 0 Å². The number of amides is 1. The molecule has 1 saturated heterocycles. The van der Waals surface area contributed by atoms with Gasteiger partial charge in [-0.2, -0.15) is 0 Å². The van der Waals surface area contributed by atoms with E-state index in [9.17, 15) is 4.79 Å². The minimum atomic E-state index is 0.0256. The summed E-state index contributed by atoms with van der Waals surface area (Å²) in [5, 5.41) is 4.26. The van der Waals surface area contributed by atoms with E-state index in [0.717, 1.165) is 23.9 Å². The Labute approximate surface area is 116 Å². The summed E-state index contributed by atoms with van der Waals surface area (Å²) < 4.78 is 0. The molecule has 0 bridgehead atoms. The molecule has 18 heavy (non-hydrogen) atoms. The zero-order chi connectivity index (χ0) is 12.8. The van der Waals surface area contributed by atoms with E-state index in [4.69, 9.17) is 4.84 Å². The molecule has 0 radical (unpaired) electrons. The van der Waals surface area contributed by atoms with Crippen LogP contribution in [0.15, 0.2) is 30.3 Å². The molecule has 0 aromatic heterocycles. The van der Waals surface area contributed by atoms with Crippen LogP contribution in [0.3, 0.4) is 0 Å². The Hall–Kier alpha value is -1.07. The molecule has 0 spiro atoms. The molecule has 1 fully saturated rings. The lowest BCUT2D eigenvalue weighted by Crippen LogP contribution is -2.39. The average molecular weight is 313 g/mol. The van der Waals surface area contributed by atoms with Gasteiger partial charge in [0.15, 0.2) is 0 Å². The van der Waals surface area contributed by atoms with Crippen LogP contribution in [-0.2, 0) is 9.63 Å². The second-order valence-corrected chi connectivity index (χ2v) is 4.90. The SMILES string of the molecule is O=C1CCN(c2ccccc2)N1OCCCCBr. The van der Waals surface area contributed by atoms with Crippen LogP contribution in [0, 0.1) is 0 Å². The van der Waals surface area contributed by atoms with E-state index in [2.05, 4.69) is 15.9 Å². The van der Waals surface area contributed by atoms with Crippen molar-refractivity contribution in [2.45, 2.75) is 19.3 Å². The van der Waals surface area contributed by atoms with Gasteiger partial charge in [-0.25, -0.2) is 0 Å². The fraction of sp³-hybridized carbons (Fsp3) is 0.462. The molecule has 4 nitrogen and oxygen atoms in total. The van der Waals surface area contributed by atoms with Crippen LogP contribution in [0.4, 0.5) is 5.69 Å². The molecule has 0 atom stereocenters. The first-order chi connectivity index (χ1) is 8.83. The van der Waals surface area contributed by atoms with Gasteiger partial charge in [0.2, 0.25) is 0 Å². The Balaban J connectivity index is 1.95. The molecule has 98 valence electrons. The molecular weight excluding hydrogens is 296 g/mol. The Kier molecular flexibility index (Phi) is 5.01. The smallest absolute Gasteiger partial charge is 0.268 e. The number of unbranched alkanes of at least 4 members (excludes halogenated alkanes) is 1. The fourth-order valence-corrected chi connectivity index (χ4v) is 2.24. The molecular formula is C13H17BrN2O2. The van der Waals surface area contributed by atoms with Crippen LogP contribution in [0.5, 0.6) is 0 Å². The molecule has 0 unspecified atom stereocenters. The number of benzene rings is 1. The van der Waals surface area contributed by atoms with Gasteiger partial charge in [0.1, 0.15) is 0 Å². The third kappa shape index (κ3) is 3.23. The van der Waals surface area contributed by atoms with Crippen molar-refractivity contribution in [3.63, 3.8) is 0 Å². The van der Waals surface area contributed by atoms with Gasteiger partial charge in [-0.05, 0) is 25.0 Å². The van der Waals surface area contributed by atoms with Gasteiger partial charge in [-0.15, -0.1) is 5.17 Å². The highest BCUT2D eigenvalue weighted by atomic mass is 79.9.